The zero-order chi connectivity index (χ0) is 12.2. The third-order valence-corrected chi connectivity index (χ3v) is 4.14. The molecule has 0 fully saturated rings. The molecule has 0 saturated carbocycles. The van der Waals surface area contributed by atoms with Crippen molar-refractivity contribution < 1.29 is 5.11 Å². The number of likely N-dealkylation sites (N-methyl/N-ethyl adjacent to an activating group) is 1. The van der Waals surface area contributed by atoms with Gasteiger partial charge in [0, 0.05) is 12.0 Å². The van der Waals surface area contributed by atoms with Crippen molar-refractivity contribution in [1.82, 2.24) is 4.90 Å². The molecule has 1 rings (SSSR count). The second kappa shape index (κ2) is 5.80. The fourth-order valence-electron chi connectivity index (χ4n) is 2.13. The average Bonchev–Trinajstić information content (AvgIpc) is 2.71. The lowest BCUT2D eigenvalue weighted by molar-refractivity contribution is -0.00410. The molecular weight excluding hydrogens is 218 g/mol. The van der Waals surface area contributed by atoms with Crippen LogP contribution in [0.15, 0.2) is 16.8 Å². The van der Waals surface area contributed by atoms with E-state index < -0.39 is 0 Å². The molecule has 1 N–H and O–H groups in total. The molecule has 0 aliphatic heterocycles. The Morgan fingerprint density at radius 3 is 2.44 bits per heavy atom. The zero-order valence-corrected chi connectivity index (χ0v) is 11.5. The molecule has 1 heterocycles. The van der Waals surface area contributed by atoms with Crippen LogP contribution in [0.2, 0.25) is 0 Å². The van der Waals surface area contributed by atoms with Gasteiger partial charge in [-0.2, -0.15) is 11.3 Å². The summed E-state index contributed by atoms with van der Waals surface area (Å²) in [6.45, 7) is 10.5. The quantitative estimate of drug-likeness (QED) is 0.828. The van der Waals surface area contributed by atoms with Crippen molar-refractivity contribution in [1.29, 1.82) is 0 Å². The van der Waals surface area contributed by atoms with E-state index in [9.17, 15) is 5.11 Å². The van der Waals surface area contributed by atoms with Crippen molar-refractivity contribution in [2.24, 2.45) is 0 Å². The first-order valence-corrected chi connectivity index (χ1v) is 6.90. The SMILES string of the molecule is CCN(CC)C(C)(C)C(O)Cc1ccsc1. The van der Waals surface area contributed by atoms with Gasteiger partial charge in [0.15, 0.2) is 0 Å². The van der Waals surface area contributed by atoms with Crippen LogP contribution in [0.1, 0.15) is 33.3 Å². The summed E-state index contributed by atoms with van der Waals surface area (Å²) in [5.41, 5.74) is 1.07. The topological polar surface area (TPSA) is 23.5 Å². The van der Waals surface area contributed by atoms with Crippen LogP contribution in [0.3, 0.4) is 0 Å². The predicted octanol–water partition coefficient (Wildman–Crippen LogP) is 2.77. The maximum atomic E-state index is 10.3. The molecule has 92 valence electrons. The van der Waals surface area contributed by atoms with Crippen LogP contribution in [0.25, 0.3) is 0 Å². The summed E-state index contributed by atoms with van der Waals surface area (Å²) in [5, 5.41) is 14.5. The molecular formula is C13H23NOS. The van der Waals surface area contributed by atoms with E-state index in [1.165, 1.54) is 5.56 Å². The van der Waals surface area contributed by atoms with Gasteiger partial charge in [-0.25, -0.2) is 0 Å². The highest BCUT2D eigenvalue weighted by Crippen LogP contribution is 2.22. The van der Waals surface area contributed by atoms with Gasteiger partial charge in [0.2, 0.25) is 0 Å². The van der Waals surface area contributed by atoms with Crippen LogP contribution in [0.4, 0.5) is 0 Å². The summed E-state index contributed by atoms with van der Waals surface area (Å²) in [4.78, 5) is 2.31. The summed E-state index contributed by atoms with van der Waals surface area (Å²) in [6.07, 6.45) is 0.425. The number of aliphatic hydroxyl groups is 1. The first kappa shape index (κ1) is 13.7. The molecule has 0 saturated heterocycles. The molecule has 3 heteroatoms. The molecule has 1 atom stereocenters. The van der Waals surface area contributed by atoms with E-state index in [1.807, 2.05) is 0 Å². The summed E-state index contributed by atoms with van der Waals surface area (Å²) in [6, 6.07) is 2.09. The lowest BCUT2D eigenvalue weighted by Crippen LogP contribution is -2.53. The normalized spacial score (nSPS) is 14.4. The zero-order valence-electron chi connectivity index (χ0n) is 10.7. The highest BCUT2D eigenvalue weighted by Gasteiger charge is 2.32. The molecule has 1 aromatic heterocycles. The number of thiophene rings is 1. The van der Waals surface area contributed by atoms with Gasteiger partial charge in [-0.3, -0.25) is 4.90 Å². The van der Waals surface area contributed by atoms with E-state index in [0.29, 0.717) is 0 Å². The summed E-state index contributed by atoms with van der Waals surface area (Å²) < 4.78 is 0. The fourth-order valence-corrected chi connectivity index (χ4v) is 2.81. The van der Waals surface area contributed by atoms with Gasteiger partial charge in [0.1, 0.15) is 0 Å². The molecule has 0 amide bonds. The van der Waals surface area contributed by atoms with Gasteiger partial charge in [-0.15, -0.1) is 0 Å². The fraction of sp³-hybridized carbons (Fsp3) is 0.692. The molecule has 2 nitrogen and oxygen atoms in total. The Hall–Kier alpha value is -0.380. The van der Waals surface area contributed by atoms with Crippen LogP contribution >= 0.6 is 11.3 Å². The van der Waals surface area contributed by atoms with E-state index in [1.54, 1.807) is 11.3 Å². The minimum atomic E-state index is -0.318. The van der Waals surface area contributed by atoms with Crippen LogP contribution in [0, 0.1) is 0 Å². The maximum absolute atomic E-state index is 10.3. The van der Waals surface area contributed by atoms with E-state index in [0.717, 1.165) is 19.5 Å². The molecule has 0 aliphatic carbocycles. The van der Waals surface area contributed by atoms with Crippen LogP contribution < -0.4 is 0 Å². The lowest BCUT2D eigenvalue weighted by atomic mass is 9.90. The van der Waals surface area contributed by atoms with Crippen molar-refractivity contribution >= 4 is 11.3 Å². The van der Waals surface area contributed by atoms with Crippen molar-refractivity contribution in [2.75, 3.05) is 13.1 Å². The predicted molar refractivity (Wildman–Crippen MR) is 71.0 cm³/mol. The van der Waals surface area contributed by atoms with Gasteiger partial charge >= 0.3 is 0 Å². The largest absolute Gasteiger partial charge is 0.391 e. The third-order valence-electron chi connectivity index (χ3n) is 3.40. The Morgan fingerprint density at radius 2 is 2.00 bits per heavy atom. The molecule has 0 aromatic carbocycles. The number of nitrogens with zero attached hydrogens (tertiary/aromatic N) is 1. The molecule has 16 heavy (non-hydrogen) atoms. The lowest BCUT2D eigenvalue weighted by Gasteiger charge is -2.41. The van der Waals surface area contributed by atoms with Gasteiger partial charge < -0.3 is 5.11 Å². The van der Waals surface area contributed by atoms with Crippen molar-refractivity contribution in [3.63, 3.8) is 0 Å². The van der Waals surface area contributed by atoms with Gasteiger partial charge in [-0.1, -0.05) is 13.8 Å². The maximum Gasteiger partial charge on any atom is 0.0758 e. The molecule has 0 bridgehead atoms. The van der Waals surface area contributed by atoms with E-state index in [2.05, 4.69) is 49.4 Å². The van der Waals surface area contributed by atoms with Crippen molar-refractivity contribution in [3.05, 3.63) is 22.4 Å². The van der Waals surface area contributed by atoms with E-state index in [-0.39, 0.29) is 11.6 Å². The number of rotatable bonds is 6. The second-order valence-corrected chi connectivity index (χ2v) is 5.46. The number of hydrogen-bond acceptors (Lipinski definition) is 3. The smallest absolute Gasteiger partial charge is 0.0758 e. The van der Waals surface area contributed by atoms with Crippen molar-refractivity contribution in [3.8, 4) is 0 Å². The van der Waals surface area contributed by atoms with Gasteiger partial charge in [-0.05, 0) is 49.3 Å². The molecule has 0 radical (unpaired) electrons. The Balaban J connectivity index is 2.67. The first-order chi connectivity index (χ1) is 7.52. The standard InChI is InChI=1S/C13H23NOS/c1-5-14(6-2)13(3,4)12(15)9-11-7-8-16-10-11/h7-8,10,12,15H,5-6,9H2,1-4H3. The molecule has 0 spiro atoms. The minimum Gasteiger partial charge on any atom is -0.391 e. The first-order valence-electron chi connectivity index (χ1n) is 5.96. The van der Waals surface area contributed by atoms with Gasteiger partial charge in [0.05, 0.1) is 6.10 Å². The van der Waals surface area contributed by atoms with Crippen LogP contribution in [-0.4, -0.2) is 34.7 Å². The minimum absolute atomic E-state index is 0.161. The second-order valence-electron chi connectivity index (χ2n) is 4.68. The number of hydrogen-bond donors (Lipinski definition) is 1. The summed E-state index contributed by atoms with van der Waals surface area (Å²) in [7, 11) is 0. The molecule has 1 unspecified atom stereocenters. The third kappa shape index (κ3) is 3.06. The highest BCUT2D eigenvalue weighted by atomic mass is 32.1. The summed E-state index contributed by atoms with van der Waals surface area (Å²) >= 11 is 1.69. The van der Waals surface area contributed by atoms with E-state index in [4.69, 9.17) is 0 Å². The Kier molecular flexibility index (Phi) is 4.96. The Labute approximate surface area is 103 Å². The number of aliphatic hydroxyl groups excluding tert-OH is 1. The molecule has 0 aliphatic rings. The van der Waals surface area contributed by atoms with Crippen molar-refractivity contribution in [2.45, 2.75) is 45.8 Å². The average molecular weight is 241 g/mol. The Bertz CT molecular complexity index is 291. The summed E-state index contributed by atoms with van der Waals surface area (Å²) in [5.74, 6) is 0. The monoisotopic (exact) mass is 241 g/mol. The van der Waals surface area contributed by atoms with Crippen LogP contribution in [-0.2, 0) is 6.42 Å². The Morgan fingerprint density at radius 1 is 1.38 bits per heavy atom. The highest BCUT2D eigenvalue weighted by molar-refractivity contribution is 7.07. The van der Waals surface area contributed by atoms with Crippen LogP contribution in [0.5, 0.6) is 0 Å². The molecule has 1 aromatic rings. The van der Waals surface area contributed by atoms with E-state index >= 15 is 0 Å². The van der Waals surface area contributed by atoms with Gasteiger partial charge in [0.25, 0.3) is 0 Å².